The van der Waals surface area contributed by atoms with E-state index in [1.165, 1.54) is 6.07 Å². The quantitative estimate of drug-likeness (QED) is 0.0784. The number of benzene rings is 8. The van der Waals surface area contributed by atoms with Crippen molar-refractivity contribution in [2.75, 3.05) is 0 Å². The van der Waals surface area contributed by atoms with Crippen LogP contribution in [0.3, 0.4) is 0 Å². The molecule has 256 valence electrons. The van der Waals surface area contributed by atoms with Crippen LogP contribution in [0.15, 0.2) is 159 Å². The lowest BCUT2D eigenvalue weighted by molar-refractivity contribution is -0.385. The van der Waals surface area contributed by atoms with Gasteiger partial charge >= 0.3 is 7.12 Å². The summed E-state index contributed by atoms with van der Waals surface area (Å²) in [6.07, 6.45) is 0. The Bertz CT molecular complexity index is 2640. The second-order valence-corrected chi connectivity index (χ2v) is 14.3. The molecule has 0 aliphatic heterocycles. The van der Waals surface area contributed by atoms with E-state index in [1.807, 2.05) is 103 Å². The number of rotatable bonds is 4. The molecule has 0 unspecified atom stereocenters. The maximum absolute atomic E-state index is 11.5. The van der Waals surface area contributed by atoms with Crippen LogP contribution in [0.4, 0.5) is 11.4 Å². The molecular formula is C40H26BBr3N2O6. The molecule has 0 bridgehead atoms. The van der Waals surface area contributed by atoms with E-state index in [2.05, 4.69) is 59.9 Å². The number of nitro benzene ring substituents is 2. The first-order valence-corrected chi connectivity index (χ1v) is 18.1. The lowest BCUT2D eigenvalue weighted by Crippen LogP contribution is -2.30. The summed E-state index contributed by atoms with van der Waals surface area (Å²) in [6.45, 7) is 0. The molecule has 0 aromatic heterocycles. The molecule has 0 aliphatic rings. The zero-order valence-electron chi connectivity index (χ0n) is 27.0. The van der Waals surface area contributed by atoms with E-state index < -0.39 is 12.0 Å². The molecule has 52 heavy (non-hydrogen) atoms. The molecule has 0 heterocycles. The fraction of sp³-hybridized carbons (Fsp3) is 0. The Kier molecular flexibility index (Phi) is 11.4. The molecule has 8 nitrogen and oxygen atoms in total. The fourth-order valence-electron chi connectivity index (χ4n) is 6.09. The summed E-state index contributed by atoms with van der Waals surface area (Å²) in [5.74, 6) is 0. The van der Waals surface area contributed by atoms with Crippen LogP contribution in [0.1, 0.15) is 0 Å². The summed E-state index contributed by atoms with van der Waals surface area (Å²) in [6, 6.07) is 45.5. The second-order valence-electron chi connectivity index (χ2n) is 11.6. The lowest BCUT2D eigenvalue weighted by atomic mass is 9.76. The maximum Gasteiger partial charge on any atom is 0.489 e. The molecule has 0 aliphatic carbocycles. The number of nitro groups is 2. The van der Waals surface area contributed by atoms with Gasteiger partial charge in [0, 0.05) is 21.1 Å². The van der Waals surface area contributed by atoms with Crippen molar-refractivity contribution >= 4 is 115 Å². The molecule has 8 aromatic rings. The van der Waals surface area contributed by atoms with Crippen LogP contribution < -0.4 is 5.46 Å². The fourth-order valence-corrected chi connectivity index (χ4v) is 7.64. The van der Waals surface area contributed by atoms with Gasteiger partial charge in [-0.3, -0.25) is 20.2 Å². The van der Waals surface area contributed by atoms with Crippen molar-refractivity contribution in [1.82, 2.24) is 0 Å². The minimum atomic E-state index is -1.44. The van der Waals surface area contributed by atoms with Gasteiger partial charge in [-0.15, -0.1) is 0 Å². The van der Waals surface area contributed by atoms with E-state index in [0.717, 1.165) is 57.6 Å². The summed E-state index contributed by atoms with van der Waals surface area (Å²) in [5.41, 5.74) is 2.24. The number of halogens is 3. The van der Waals surface area contributed by atoms with Crippen LogP contribution in [0.5, 0.6) is 0 Å². The van der Waals surface area contributed by atoms with Crippen molar-refractivity contribution in [2.45, 2.75) is 0 Å². The number of hydrogen-bond acceptors (Lipinski definition) is 6. The first-order chi connectivity index (χ1) is 25.0. The standard InChI is InChI=1S/C20H12BrNO2.C14H11BO2.C6H3Br2NO2/c21-14-9-10-20(22(23)24)19(12-14)18-11-13-5-1-2-6-15(13)16-7-3-4-8-17(16)18;16-15(17)14-9-10-5-1-2-6-11(10)12-7-3-4-8-13(12)14;7-4-1-2-6(9(10)11)5(8)3-4/h1-12H;1-9,16-17H;1-3H. The van der Waals surface area contributed by atoms with E-state index >= 15 is 0 Å². The van der Waals surface area contributed by atoms with E-state index in [0.29, 0.717) is 15.5 Å². The summed E-state index contributed by atoms with van der Waals surface area (Å²) in [7, 11) is -1.44. The van der Waals surface area contributed by atoms with Crippen LogP contribution in [-0.2, 0) is 0 Å². The molecule has 0 radical (unpaired) electrons. The Balaban J connectivity index is 0.000000145. The summed E-state index contributed by atoms with van der Waals surface area (Å²) < 4.78 is 2.12. The molecule has 12 heteroatoms. The Morgan fingerprint density at radius 3 is 1.44 bits per heavy atom. The average Bonchev–Trinajstić information content (AvgIpc) is 3.14. The van der Waals surface area contributed by atoms with Crippen LogP contribution in [-0.4, -0.2) is 27.0 Å². The van der Waals surface area contributed by atoms with Gasteiger partial charge in [-0.1, -0.05) is 135 Å². The monoisotopic (exact) mass is 878 g/mol. The van der Waals surface area contributed by atoms with Crippen LogP contribution in [0, 0.1) is 20.2 Å². The third-order valence-corrected chi connectivity index (χ3v) is 10.0. The molecule has 0 amide bonds. The van der Waals surface area contributed by atoms with Gasteiger partial charge < -0.3 is 10.0 Å². The normalized spacial score (nSPS) is 10.7. The van der Waals surface area contributed by atoms with Gasteiger partial charge in [0.05, 0.1) is 19.9 Å². The summed E-state index contributed by atoms with van der Waals surface area (Å²) in [5, 5.41) is 49.1. The third-order valence-electron chi connectivity index (χ3n) is 8.40. The number of hydrogen-bond donors (Lipinski definition) is 2. The zero-order valence-corrected chi connectivity index (χ0v) is 31.7. The largest absolute Gasteiger partial charge is 0.489 e. The van der Waals surface area contributed by atoms with Crippen LogP contribution in [0.25, 0.3) is 54.2 Å². The van der Waals surface area contributed by atoms with Gasteiger partial charge in [0.1, 0.15) is 0 Å². The predicted octanol–water partition coefficient (Wildman–Crippen LogP) is 11.1. The van der Waals surface area contributed by atoms with Gasteiger partial charge in [0.25, 0.3) is 11.4 Å². The molecule has 8 rings (SSSR count). The summed E-state index contributed by atoms with van der Waals surface area (Å²) >= 11 is 9.70. The Morgan fingerprint density at radius 1 is 0.462 bits per heavy atom. The molecule has 0 atom stereocenters. The lowest BCUT2D eigenvalue weighted by Gasteiger charge is -2.11. The SMILES string of the molecule is O=[N+]([O-])c1ccc(Br)cc1-c1cc2ccccc2c2ccccc12.O=[N+]([O-])c1ccc(Br)cc1Br.OB(O)c1cc2ccccc2c2ccccc12. The Hall–Kier alpha value is -4.98. The van der Waals surface area contributed by atoms with Gasteiger partial charge in [-0.2, -0.15) is 0 Å². The highest BCUT2D eigenvalue weighted by atomic mass is 79.9. The smallest absolute Gasteiger partial charge is 0.423 e. The van der Waals surface area contributed by atoms with Crippen molar-refractivity contribution in [3.8, 4) is 11.1 Å². The molecule has 0 saturated heterocycles. The minimum Gasteiger partial charge on any atom is -0.423 e. The highest BCUT2D eigenvalue weighted by Gasteiger charge is 2.19. The van der Waals surface area contributed by atoms with E-state index in [4.69, 9.17) is 0 Å². The third kappa shape index (κ3) is 7.91. The number of fused-ring (bicyclic) bond motifs is 6. The molecule has 0 spiro atoms. The Morgan fingerprint density at radius 2 is 0.904 bits per heavy atom. The first-order valence-electron chi connectivity index (χ1n) is 15.7. The maximum atomic E-state index is 11.5. The molecular weight excluding hydrogens is 855 g/mol. The van der Waals surface area contributed by atoms with Crippen molar-refractivity contribution in [1.29, 1.82) is 0 Å². The van der Waals surface area contributed by atoms with Crippen molar-refractivity contribution in [3.63, 3.8) is 0 Å². The van der Waals surface area contributed by atoms with Crippen molar-refractivity contribution < 1.29 is 19.9 Å². The minimum absolute atomic E-state index is 0.0770. The zero-order chi connectivity index (χ0) is 36.9. The molecule has 8 aromatic carbocycles. The number of nitrogens with zero attached hydrogens (tertiary/aromatic N) is 2. The van der Waals surface area contributed by atoms with Crippen LogP contribution >= 0.6 is 47.8 Å². The average molecular weight is 881 g/mol. The molecule has 0 fully saturated rings. The molecule has 0 saturated carbocycles. The van der Waals surface area contributed by atoms with Gasteiger partial charge in [-0.05, 0) is 100 Å². The van der Waals surface area contributed by atoms with Gasteiger partial charge in [0.2, 0.25) is 0 Å². The van der Waals surface area contributed by atoms with Crippen molar-refractivity contribution in [2.24, 2.45) is 0 Å². The van der Waals surface area contributed by atoms with E-state index in [-0.39, 0.29) is 16.3 Å². The Labute approximate surface area is 323 Å². The first kappa shape index (κ1) is 36.8. The molecule has 2 N–H and O–H groups in total. The van der Waals surface area contributed by atoms with Gasteiger partial charge in [-0.25, -0.2) is 0 Å². The second kappa shape index (κ2) is 16.1. The van der Waals surface area contributed by atoms with Crippen molar-refractivity contribution in [3.05, 3.63) is 179 Å². The highest BCUT2D eigenvalue weighted by molar-refractivity contribution is 9.11. The van der Waals surface area contributed by atoms with E-state index in [1.54, 1.807) is 24.3 Å². The van der Waals surface area contributed by atoms with Gasteiger partial charge in [0.15, 0.2) is 0 Å². The van der Waals surface area contributed by atoms with E-state index in [9.17, 15) is 30.3 Å². The van der Waals surface area contributed by atoms with Crippen LogP contribution in [0.2, 0.25) is 0 Å². The predicted molar refractivity (Wildman–Crippen MR) is 221 cm³/mol. The topological polar surface area (TPSA) is 127 Å². The highest BCUT2D eigenvalue weighted by Crippen LogP contribution is 2.40. The summed E-state index contributed by atoms with van der Waals surface area (Å²) in [4.78, 5) is 21.0.